The Morgan fingerprint density at radius 1 is 1.50 bits per heavy atom. The van der Waals surface area contributed by atoms with E-state index in [9.17, 15) is 4.79 Å². The second-order valence-corrected chi connectivity index (χ2v) is 5.06. The molecule has 4 heteroatoms. The number of nitrogen functional groups attached to an aromatic ring is 1. The second kappa shape index (κ2) is 5.38. The molecule has 18 heavy (non-hydrogen) atoms. The lowest BCUT2D eigenvalue weighted by Gasteiger charge is -2.31. The van der Waals surface area contributed by atoms with Crippen LogP contribution >= 0.6 is 0 Å². The third-order valence-electron chi connectivity index (χ3n) is 3.59. The van der Waals surface area contributed by atoms with E-state index in [1.54, 1.807) is 6.07 Å². The third-order valence-corrected chi connectivity index (χ3v) is 3.59. The zero-order valence-electron chi connectivity index (χ0n) is 11.1. The highest BCUT2D eigenvalue weighted by molar-refractivity contribution is 5.95. The molecule has 0 atom stereocenters. The van der Waals surface area contributed by atoms with E-state index in [1.807, 2.05) is 24.8 Å². The van der Waals surface area contributed by atoms with Crippen LogP contribution in [0.2, 0.25) is 0 Å². The van der Waals surface area contributed by atoms with Crippen LogP contribution in [0.25, 0.3) is 0 Å². The SMILES string of the molecule is CCN(CC1CCC1)C(=O)c1cc(C)nc(N)c1. The molecule has 0 radical (unpaired) electrons. The first kappa shape index (κ1) is 12.9. The number of nitrogens with two attached hydrogens (primary N) is 1. The van der Waals surface area contributed by atoms with Crippen LogP contribution in [0.3, 0.4) is 0 Å². The van der Waals surface area contributed by atoms with Crippen LogP contribution in [-0.2, 0) is 0 Å². The summed E-state index contributed by atoms with van der Waals surface area (Å²) in [6.45, 7) is 5.50. The fourth-order valence-electron chi connectivity index (χ4n) is 2.34. The molecule has 0 unspecified atom stereocenters. The standard InChI is InChI=1S/C14H21N3O/c1-3-17(9-11-5-4-6-11)14(18)12-7-10(2)16-13(15)8-12/h7-8,11H,3-6,9H2,1-2H3,(H2,15,16). The molecule has 1 heterocycles. The van der Waals surface area contributed by atoms with Gasteiger partial charge in [0, 0.05) is 24.3 Å². The minimum Gasteiger partial charge on any atom is -0.384 e. The van der Waals surface area contributed by atoms with Gasteiger partial charge in [0.15, 0.2) is 0 Å². The molecule has 0 aromatic carbocycles. The zero-order chi connectivity index (χ0) is 13.1. The maximum Gasteiger partial charge on any atom is 0.254 e. The number of anilines is 1. The first-order valence-corrected chi connectivity index (χ1v) is 6.63. The van der Waals surface area contributed by atoms with E-state index in [0.717, 1.165) is 18.8 Å². The van der Waals surface area contributed by atoms with Crippen LogP contribution < -0.4 is 5.73 Å². The van der Waals surface area contributed by atoms with Gasteiger partial charge in [-0.1, -0.05) is 6.42 Å². The van der Waals surface area contributed by atoms with Crippen molar-refractivity contribution in [1.82, 2.24) is 9.88 Å². The summed E-state index contributed by atoms with van der Waals surface area (Å²) in [7, 11) is 0. The molecule has 2 N–H and O–H groups in total. The molecule has 1 fully saturated rings. The lowest BCUT2D eigenvalue weighted by Crippen LogP contribution is -2.37. The summed E-state index contributed by atoms with van der Waals surface area (Å²) in [6.07, 6.45) is 3.81. The topological polar surface area (TPSA) is 59.2 Å². The van der Waals surface area contributed by atoms with Crippen molar-refractivity contribution in [3.63, 3.8) is 0 Å². The van der Waals surface area contributed by atoms with Gasteiger partial charge in [-0.3, -0.25) is 4.79 Å². The minimum atomic E-state index is 0.0709. The first-order valence-electron chi connectivity index (χ1n) is 6.63. The minimum absolute atomic E-state index is 0.0709. The average Bonchev–Trinajstić information content (AvgIpc) is 2.26. The molecular formula is C14H21N3O. The van der Waals surface area contributed by atoms with Gasteiger partial charge in [0.25, 0.3) is 5.91 Å². The molecular weight excluding hydrogens is 226 g/mol. The summed E-state index contributed by atoms with van der Waals surface area (Å²) in [5.41, 5.74) is 7.14. The van der Waals surface area contributed by atoms with Crippen LogP contribution in [0, 0.1) is 12.8 Å². The van der Waals surface area contributed by atoms with Gasteiger partial charge in [-0.25, -0.2) is 4.98 Å². The predicted octanol–water partition coefficient (Wildman–Crippen LogP) is 2.23. The molecule has 98 valence electrons. The van der Waals surface area contributed by atoms with Crippen molar-refractivity contribution in [3.05, 3.63) is 23.4 Å². The van der Waals surface area contributed by atoms with E-state index in [-0.39, 0.29) is 5.91 Å². The largest absolute Gasteiger partial charge is 0.384 e. The van der Waals surface area contributed by atoms with Gasteiger partial charge in [-0.05, 0) is 44.7 Å². The Labute approximate surface area is 108 Å². The monoisotopic (exact) mass is 247 g/mol. The van der Waals surface area contributed by atoms with Crippen molar-refractivity contribution in [2.45, 2.75) is 33.1 Å². The molecule has 0 spiro atoms. The normalized spacial score (nSPS) is 15.2. The number of carbonyl (C=O) groups excluding carboxylic acids is 1. The van der Waals surface area contributed by atoms with Gasteiger partial charge >= 0.3 is 0 Å². The van der Waals surface area contributed by atoms with Crippen LogP contribution in [-0.4, -0.2) is 28.9 Å². The highest BCUT2D eigenvalue weighted by Gasteiger charge is 2.23. The highest BCUT2D eigenvalue weighted by atomic mass is 16.2. The van der Waals surface area contributed by atoms with Crippen molar-refractivity contribution in [1.29, 1.82) is 0 Å². The molecule has 1 aromatic heterocycles. The number of aryl methyl sites for hydroxylation is 1. The molecule has 1 aromatic rings. The summed E-state index contributed by atoms with van der Waals surface area (Å²) in [6, 6.07) is 3.47. The van der Waals surface area contributed by atoms with Crippen LogP contribution in [0.15, 0.2) is 12.1 Å². The van der Waals surface area contributed by atoms with Crippen LogP contribution in [0.4, 0.5) is 5.82 Å². The van der Waals surface area contributed by atoms with Crippen molar-refractivity contribution in [2.24, 2.45) is 5.92 Å². The molecule has 1 aliphatic rings. The summed E-state index contributed by atoms with van der Waals surface area (Å²) < 4.78 is 0. The third kappa shape index (κ3) is 2.81. The van der Waals surface area contributed by atoms with Gasteiger partial charge in [0.2, 0.25) is 0 Å². The fourth-order valence-corrected chi connectivity index (χ4v) is 2.34. The Kier molecular flexibility index (Phi) is 3.84. The van der Waals surface area contributed by atoms with E-state index in [4.69, 9.17) is 5.73 Å². The van der Waals surface area contributed by atoms with Gasteiger partial charge < -0.3 is 10.6 Å². The summed E-state index contributed by atoms with van der Waals surface area (Å²) in [5, 5.41) is 0. The number of carbonyl (C=O) groups is 1. The van der Waals surface area contributed by atoms with E-state index < -0.39 is 0 Å². The lowest BCUT2D eigenvalue weighted by atomic mass is 9.85. The van der Waals surface area contributed by atoms with Gasteiger partial charge in [-0.15, -0.1) is 0 Å². The molecule has 2 rings (SSSR count). The number of nitrogens with zero attached hydrogens (tertiary/aromatic N) is 2. The lowest BCUT2D eigenvalue weighted by molar-refractivity contribution is 0.0706. The molecule has 1 saturated carbocycles. The Balaban J connectivity index is 2.11. The van der Waals surface area contributed by atoms with Crippen molar-refractivity contribution < 1.29 is 4.79 Å². The van der Waals surface area contributed by atoms with Crippen molar-refractivity contribution in [2.75, 3.05) is 18.8 Å². The molecule has 1 aliphatic carbocycles. The van der Waals surface area contributed by atoms with E-state index >= 15 is 0 Å². The number of rotatable bonds is 4. The molecule has 1 amide bonds. The van der Waals surface area contributed by atoms with Gasteiger partial charge in [0.1, 0.15) is 5.82 Å². The van der Waals surface area contributed by atoms with Crippen molar-refractivity contribution >= 4 is 11.7 Å². The van der Waals surface area contributed by atoms with Gasteiger partial charge in [0.05, 0.1) is 0 Å². The number of pyridine rings is 1. The second-order valence-electron chi connectivity index (χ2n) is 5.06. The Bertz CT molecular complexity index is 420. The number of hydrogen-bond acceptors (Lipinski definition) is 3. The quantitative estimate of drug-likeness (QED) is 0.887. The Morgan fingerprint density at radius 3 is 2.72 bits per heavy atom. The number of amides is 1. The van der Waals surface area contributed by atoms with Gasteiger partial charge in [-0.2, -0.15) is 0 Å². The Hall–Kier alpha value is -1.58. The fraction of sp³-hybridized carbons (Fsp3) is 0.571. The highest BCUT2D eigenvalue weighted by Crippen LogP contribution is 2.27. The van der Waals surface area contributed by atoms with Crippen LogP contribution in [0.1, 0.15) is 42.2 Å². The summed E-state index contributed by atoms with van der Waals surface area (Å²) in [5.74, 6) is 1.17. The molecule has 0 aliphatic heterocycles. The van der Waals surface area contributed by atoms with Crippen LogP contribution in [0.5, 0.6) is 0 Å². The van der Waals surface area contributed by atoms with Crippen molar-refractivity contribution in [3.8, 4) is 0 Å². The number of hydrogen-bond donors (Lipinski definition) is 1. The zero-order valence-corrected chi connectivity index (χ0v) is 11.1. The predicted molar refractivity (Wildman–Crippen MR) is 72.3 cm³/mol. The smallest absolute Gasteiger partial charge is 0.254 e. The van der Waals surface area contributed by atoms with E-state index in [0.29, 0.717) is 17.3 Å². The summed E-state index contributed by atoms with van der Waals surface area (Å²) >= 11 is 0. The Morgan fingerprint density at radius 2 is 2.22 bits per heavy atom. The molecule has 0 bridgehead atoms. The molecule has 0 saturated heterocycles. The van der Waals surface area contributed by atoms with E-state index in [2.05, 4.69) is 4.98 Å². The maximum atomic E-state index is 12.4. The summed E-state index contributed by atoms with van der Waals surface area (Å²) in [4.78, 5) is 18.4. The maximum absolute atomic E-state index is 12.4. The average molecular weight is 247 g/mol. The number of aromatic nitrogens is 1. The first-order chi connectivity index (χ1) is 8.60. The van der Waals surface area contributed by atoms with E-state index in [1.165, 1.54) is 19.3 Å². The molecule has 4 nitrogen and oxygen atoms in total.